The summed E-state index contributed by atoms with van der Waals surface area (Å²) in [6.45, 7) is 2.98. The van der Waals surface area contributed by atoms with E-state index in [9.17, 15) is 4.79 Å². The summed E-state index contributed by atoms with van der Waals surface area (Å²) in [6, 6.07) is 9.02. The molecule has 1 aromatic rings. The highest BCUT2D eigenvalue weighted by Gasteiger charge is 2.19. The summed E-state index contributed by atoms with van der Waals surface area (Å²) in [7, 11) is 0. The molecule has 1 aliphatic heterocycles. The molecule has 1 aromatic carbocycles. The number of carbonyl (C=O) groups is 1. The van der Waals surface area contributed by atoms with E-state index < -0.39 is 0 Å². The maximum atomic E-state index is 11.6. The summed E-state index contributed by atoms with van der Waals surface area (Å²) < 4.78 is 10.9. The first-order valence-corrected chi connectivity index (χ1v) is 6.71. The molecule has 1 heterocycles. The number of nitrogens with one attached hydrogen (secondary N) is 1. The predicted molar refractivity (Wildman–Crippen MR) is 75.4 cm³/mol. The van der Waals surface area contributed by atoms with Crippen molar-refractivity contribution < 1.29 is 14.3 Å². The Bertz CT molecular complexity index is 529. The molecule has 0 aliphatic carbocycles. The Morgan fingerprint density at radius 2 is 2.38 bits per heavy atom. The number of ether oxygens (including phenoxy) is 2. The van der Waals surface area contributed by atoms with Gasteiger partial charge in [-0.2, -0.15) is 5.26 Å². The minimum absolute atomic E-state index is 0.381. The minimum atomic E-state index is -0.387. The molecule has 1 saturated heterocycles. The average molecular weight is 290 g/mol. The second kappa shape index (κ2) is 7.59. The fourth-order valence-electron chi connectivity index (χ4n) is 2.13. The largest absolute Gasteiger partial charge is 0.491 e. The normalized spacial score (nSPS) is 18.8. The molecule has 1 aliphatic rings. The highest BCUT2D eigenvalue weighted by atomic mass is 16.5. The molecule has 2 rings (SSSR count). The van der Waals surface area contributed by atoms with Gasteiger partial charge in [0, 0.05) is 19.6 Å². The second-order valence-corrected chi connectivity index (χ2v) is 4.61. The first-order valence-electron chi connectivity index (χ1n) is 6.71. The van der Waals surface area contributed by atoms with Crippen molar-refractivity contribution in [1.29, 1.82) is 5.26 Å². The monoisotopic (exact) mass is 290 g/mol. The Balaban J connectivity index is 1.86. The Hall–Kier alpha value is -2.14. The Labute approximate surface area is 123 Å². The highest BCUT2D eigenvalue weighted by molar-refractivity contribution is 5.96. The first-order chi connectivity index (χ1) is 10.2. The molecule has 0 aromatic heterocycles. The third-order valence-corrected chi connectivity index (χ3v) is 3.22. The summed E-state index contributed by atoms with van der Waals surface area (Å²) in [5.41, 5.74) is 2.49. The number of para-hydroxylation sites is 1. The minimum Gasteiger partial charge on any atom is -0.491 e. The molecule has 7 heteroatoms. The third-order valence-electron chi connectivity index (χ3n) is 3.22. The van der Waals surface area contributed by atoms with Gasteiger partial charge in [0.25, 0.3) is 5.91 Å². The lowest BCUT2D eigenvalue weighted by molar-refractivity contribution is -0.00336. The van der Waals surface area contributed by atoms with E-state index in [4.69, 9.17) is 20.6 Å². The van der Waals surface area contributed by atoms with Crippen LogP contribution in [0.3, 0.4) is 0 Å². The van der Waals surface area contributed by atoms with E-state index in [1.807, 2.05) is 0 Å². The molecule has 7 nitrogen and oxygen atoms in total. The van der Waals surface area contributed by atoms with Gasteiger partial charge in [0.05, 0.1) is 18.2 Å². The van der Waals surface area contributed by atoms with Crippen LogP contribution in [-0.2, 0) is 4.74 Å². The molecule has 0 radical (unpaired) electrons. The molecule has 1 amide bonds. The van der Waals surface area contributed by atoms with Gasteiger partial charge in [-0.1, -0.05) is 12.1 Å². The fraction of sp³-hybridized carbons (Fsp3) is 0.429. The lowest BCUT2D eigenvalue weighted by atomic mass is 10.2. The molecular weight excluding hydrogens is 272 g/mol. The number of amides is 1. The van der Waals surface area contributed by atoms with E-state index in [-0.39, 0.29) is 12.0 Å². The number of hydrogen-bond acceptors (Lipinski definition) is 6. The van der Waals surface area contributed by atoms with E-state index >= 15 is 0 Å². The molecule has 112 valence electrons. The Morgan fingerprint density at radius 1 is 1.57 bits per heavy atom. The lowest BCUT2D eigenvalue weighted by Crippen LogP contribution is -2.43. The van der Waals surface area contributed by atoms with Crippen LogP contribution in [0.4, 0.5) is 0 Å². The highest BCUT2D eigenvalue weighted by Crippen LogP contribution is 2.17. The Morgan fingerprint density at radius 3 is 3.14 bits per heavy atom. The van der Waals surface area contributed by atoms with Crippen LogP contribution < -0.4 is 16.0 Å². The SMILES string of the molecule is N#CC1CN(CCOc2ccccc2C(=O)NN)CCO1. The first kappa shape index (κ1) is 15.3. The van der Waals surface area contributed by atoms with Gasteiger partial charge < -0.3 is 9.47 Å². The number of morpholine rings is 1. The zero-order chi connectivity index (χ0) is 15.1. The smallest absolute Gasteiger partial charge is 0.268 e. The molecule has 1 fully saturated rings. The van der Waals surface area contributed by atoms with Crippen LogP contribution in [0.15, 0.2) is 24.3 Å². The predicted octanol–water partition coefficient (Wildman–Crippen LogP) is -0.107. The van der Waals surface area contributed by atoms with Crippen molar-refractivity contribution in [2.24, 2.45) is 5.84 Å². The van der Waals surface area contributed by atoms with Crippen molar-refractivity contribution in [2.75, 3.05) is 32.8 Å². The molecule has 3 N–H and O–H groups in total. The van der Waals surface area contributed by atoms with E-state index in [1.165, 1.54) is 0 Å². The summed E-state index contributed by atoms with van der Waals surface area (Å²) >= 11 is 0. The van der Waals surface area contributed by atoms with Gasteiger partial charge in [0.15, 0.2) is 6.10 Å². The van der Waals surface area contributed by atoms with Crippen molar-refractivity contribution in [3.63, 3.8) is 0 Å². The van der Waals surface area contributed by atoms with Crippen molar-refractivity contribution >= 4 is 5.91 Å². The van der Waals surface area contributed by atoms with Gasteiger partial charge in [0.1, 0.15) is 12.4 Å². The average Bonchev–Trinajstić information content (AvgIpc) is 2.55. The lowest BCUT2D eigenvalue weighted by Gasteiger charge is -2.29. The number of hydrogen-bond donors (Lipinski definition) is 2. The third kappa shape index (κ3) is 4.16. The van der Waals surface area contributed by atoms with Crippen molar-refractivity contribution in [1.82, 2.24) is 10.3 Å². The number of nitrogen functional groups attached to an aromatic ring is 1. The number of rotatable bonds is 5. The quantitative estimate of drug-likeness (QED) is 0.446. The number of nitriles is 1. The Kier molecular flexibility index (Phi) is 5.51. The van der Waals surface area contributed by atoms with Gasteiger partial charge in [-0.3, -0.25) is 15.1 Å². The molecule has 0 bridgehead atoms. The van der Waals surface area contributed by atoms with Crippen LogP contribution in [0.1, 0.15) is 10.4 Å². The molecular formula is C14H18N4O3. The molecule has 1 unspecified atom stereocenters. The van der Waals surface area contributed by atoms with E-state index in [0.29, 0.717) is 37.6 Å². The fourth-order valence-corrected chi connectivity index (χ4v) is 2.13. The van der Waals surface area contributed by atoms with E-state index in [0.717, 1.165) is 6.54 Å². The van der Waals surface area contributed by atoms with Crippen LogP contribution in [0.5, 0.6) is 5.75 Å². The number of nitrogens with zero attached hydrogens (tertiary/aromatic N) is 2. The summed E-state index contributed by atoms with van der Waals surface area (Å²) in [4.78, 5) is 13.7. The van der Waals surface area contributed by atoms with Crippen molar-refractivity contribution in [3.05, 3.63) is 29.8 Å². The molecule has 0 saturated carbocycles. The van der Waals surface area contributed by atoms with Gasteiger partial charge >= 0.3 is 0 Å². The van der Waals surface area contributed by atoms with E-state index in [2.05, 4.69) is 16.4 Å². The van der Waals surface area contributed by atoms with Crippen LogP contribution in [-0.4, -0.2) is 49.8 Å². The van der Waals surface area contributed by atoms with Crippen molar-refractivity contribution in [2.45, 2.75) is 6.10 Å². The number of nitrogens with two attached hydrogens (primary N) is 1. The summed E-state index contributed by atoms with van der Waals surface area (Å²) in [5, 5.41) is 8.85. The zero-order valence-corrected chi connectivity index (χ0v) is 11.6. The second-order valence-electron chi connectivity index (χ2n) is 4.61. The van der Waals surface area contributed by atoms with Gasteiger partial charge in [-0.05, 0) is 12.1 Å². The molecule has 21 heavy (non-hydrogen) atoms. The molecule has 1 atom stereocenters. The zero-order valence-electron chi connectivity index (χ0n) is 11.6. The van der Waals surface area contributed by atoms with Crippen molar-refractivity contribution in [3.8, 4) is 11.8 Å². The van der Waals surface area contributed by atoms with Gasteiger partial charge in [-0.25, -0.2) is 5.84 Å². The standard InChI is InChI=1S/C14H18N4O3/c15-9-11-10-18(5-7-20-11)6-8-21-13-4-2-1-3-12(13)14(19)17-16/h1-4,11H,5-8,10,16H2,(H,17,19). The van der Waals surface area contributed by atoms with Gasteiger partial charge in [-0.15, -0.1) is 0 Å². The maximum absolute atomic E-state index is 11.6. The number of hydrazine groups is 1. The summed E-state index contributed by atoms with van der Waals surface area (Å²) in [5.74, 6) is 5.25. The topological polar surface area (TPSA) is 101 Å². The number of benzene rings is 1. The maximum Gasteiger partial charge on any atom is 0.268 e. The van der Waals surface area contributed by atoms with Crippen LogP contribution >= 0.6 is 0 Å². The molecule has 0 spiro atoms. The van der Waals surface area contributed by atoms with E-state index in [1.54, 1.807) is 24.3 Å². The van der Waals surface area contributed by atoms with Gasteiger partial charge in [0.2, 0.25) is 0 Å². The summed E-state index contributed by atoms with van der Waals surface area (Å²) in [6.07, 6.45) is -0.381. The van der Waals surface area contributed by atoms with Crippen LogP contribution in [0.25, 0.3) is 0 Å². The van der Waals surface area contributed by atoms with Crippen LogP contribution in [0, 0.1) is 11.3 Å². The number of carbonyl (C=O) groups excluding carboxylic acids is 1. The van der Waals surface area contributed by atoms with Crippen LogP contribution in [0.2, 0.25) is 0 Å².